The van der Waals surface area contributed by atoms with Gasteiger partial charge in [-0.3, -0.25) is 0 Å². The molecule has 0 bridgehead atoms. The summed E-state index contributed by atoms with van der Waals surface area (Å²) in [4.78, 5) is 11.7. The Bertz CT molecular complexity index is 1230. The number of carboxylic acid groups (broad SMARTS) is 1. The summed E-state index contributed by atoms with van der Waals surface area (Å²) < 4.78 is 5.68. The highest BCUT2D eigenvalue weighted by Crippen LogP contribution is 2.47. The molecule has 6 heteroatoms. The van der Waals surface area contributed by atoms with E-state index in [1.807, 2.05) is 0 Å². The Hall–Kier alpha value is -3.93. The second kappa shape index (κ2) is 5.81. The zero-order valence-electron chi connectivity index (χ0n) is 13.9. The third-order valence-corrected chi connectivity index (χ3v) is 4.49. The van der Waals surface area contributed by atoms with E-state index >= 15 is 0 Å². The highest BCUT2D eigenvalue weighted by molar-refractivity contribution is 5.98. The largest absolute Gasteiger partial charge is 0.504 e. The minimum absolute atomic E-state index is 0.0334. The maximum atomic E-state index is 11.7. The number of hydrogen-bond acceptors (Lipinski definition) is 5. The van der Waals surface area contributed by atoms with E-state index in [0.29, 0.717) is 27.1 Å². The van der Waals surface area contributed by atoms with Crippen molar-refractivity contribution in [3.05, 3.63) is 75.7 Å². The first-order valence-corrected chi connectivity index (χ1v) is 8.01. The van der Waals surface area contributed by atoms with Crippen molar-refractivity contribution in [1.82, 2.24) is 0 Å². The molecule has 6 nitrogen and oxygen atoms in total. The number of phenols is 3. The summed E-state index contributed by atoms with van der Waals surface area (Å²) in [6.45, 7) is 3.72. The molecule has 0 aliphatic carbocycles. The molecular formula is C21H14O6. The van der Waals surface area contributed by atoms with E-state index < -0.39 is 17.5 Å². The van der Waals surface area contributed by atoms with Crippen LogP contribution in [0.15, 0.2) is 48.5 Å². The van der Waals surface area contributed by atoms with Gasteiger partial charge in [-0.15, -0.1) is 0 Å². The molecule has 0 fully saturated rings. The van der Waals surface area contributed by atoms with Crippen molar-refractivity contribution in [1.29, 1.82) is 0 Å². The Morgan fingerprint density at radius 2 is 1.59 bits per heavy atom. The van der Waals surface area contributed by atoms with Gasteiger partial charge in [-0.1, -0.05) is 30.8 Å². The molecule has 27 heavy (non-hydrogen) atoms. The molecule has 0 radical (unpaired) electrons. The zero-order chi connectivity index (χ0) is 19.3. The first-order valence-electron chi connectivity index (χ1n) is 8.01. The van der Waals surface area contributed by atoms with Crippen LogP contribution in [-0.2, 0) is 0 Å². The highest BCUT2D eigenvalue weighted by Gasteiger charge is 2.28. The molecule has 0 saturated carbocycles. The van der Waals surface area contributed by atoms with Crippen LogP contribution >= 0.6 is 0 Å². The van der Waals surface area contributed by atoms with Gasteiger partial charge in [-0.05, 0) is 29.8 Å². The van der Waals surface area contributed by atoms with E-state index in [4.69, 9.17) is 4.74 Å². The number of aromatic hydroxyl groups is 3. The lowest BCUT2D eigenvalue weighted by molar-refractivity contribution is 0.0696. The monoisotopic (exact) mass is 362 g/mol. The summed E-state index contributed by atoms with van der Waals surface area (Å²) in [5, 5.41) is 40.9. The quantitative estimate of drug-likeness (QED) is 0.408. The Morgan fingerprint density at radius 1 is 0.852 bits per heavy atom. The van der Waals surface area contributed by atoms with Gasteiger partial charge in [-0.2, -0.15) is 0 Å². The van der Waals surface area contributed by atoms with Gasteiger partial charge in [0.25, 0.3) is 0 Å². The van der Waals surface area contributed by atoms with Gasteiger partial charge in [0.15, 0.2) is 23.0 Å². The van der Waals surface area contributed by atoms with Gasteiger partial charge in [0.2, 0.25) is 5.75 Å². The van der Waals surface area contributed by atoms with Crippen LogP contribution in [0.5, 0.6) is 28.7 Å². The van der Waals surface area contributed by atoms with Gasteiger partial charge in [0.1, 0.15) is 0 Å². The number of aromatic carboxylic acids is 1. The molecule has 0 unspecified atom stereocenters. The van der Waals surface area contributed by atoms with Crippen LogP contribution in [0.4, 0.5) is 0 Å². The lowest BCUT2D eigenvalue weighted by Crippen LogP contribution is -2.21. The first-order chi connectivity index (χ1) is 12.9. The van der Waals surface area contributed by atoms with Gasteiger partial charge in [0, 0.05) is 21.6 Å². The number of hydrogen-bond donors (Lipinski definition) is 4. The average Bonchev–Trinajstić information content (AvgIpc) is 2.66. The predicted molar refractivity (Wildman–Crippen MR) is 97.7 cm³/mol. The van der Waals surface area contributed by atoms with Crippen LogP contribution in [-0.4, -0.2) is 26.4 Å². The number of rotatable bonds is 2. The van der Waals surface area contributed by atoms with Gasteiger partial charge >= 0.3 is 5.97 Å². The normalized spacial score (nSPS) is 12.1. The SMILES string of the molecule is C=c1ccc2c(c1O)Oc1c(ccc(O)c1O)C=2c1ccccc1C(=O)O. The summed E-state index contributed by atoms with van der Waals surface area (Å²) in [6.07, 6.45) is 0. The molecule has 1 heterocycles. The number of phenolic OH excluding ortho intramolecular Hbond substituents is 3. The molecule has 4 N–H and O–H groups in total. The Morgan fingerprint density at radius 3 is 2.33 bits per heavy atom. The van der Waals surface area contributed by atoms with Gasteiger partial charge in [0.05, 0.1) is 5.56 Å². The van der Waals surface area contributed by atoms with Crippen molar-refractivity contribution >= 4 is 18.1 Å². The van der Waals surface area contributed by atoms with Crippen molar-refractivity contribution in [2.45, 2.75) is 0 Å². The second-order valence-electron chi connectivity index (χ2n) is 6.09. The Kier molecular flexibility index (Phi) is 3.56. The van der Waals surface area contributed by atoms with E-state index in [9.17, 15) is 25.2 Å². The molecule has 1 aliphatic heterocycles. The number of fused-ring (bicyclic) bond motifs is 2. The summed E-state index contributed by atoms with van der Waals surface area (Å²) >= 11 is 0. The maximum absolute atomic E-state index is 11.7. The smallest absolute Gasteiger partial charge is 0.336 e. The number of carbonyl (C=O) groups is 1. The summed E-state index contributed by atoms with van der Waals surface area (Å²) in [5.74, 6) is -2.28. The molecule has 134 valence electrons. The molecular weight excluding hydrogens is 348 g/mol. The van der Waals surface area contributed by atoms with Crippen LogP contribution in [0.3, 0.4) is 0 Å². The fourth-order valence-electron chi connectivity index (χ4n) is 3.20. The van der Waals surface area contributed by atoms with Crippen LogP contribution in [0.1, 0.15) is 21.5 Å². The van der Waals surface area contributed by atoms with E-state index in [2.05, 4.69) is 6.58 Å². The predicted octanol–water partition coefficient (Wildman–Crippen LogP) is 2.26. The maximum Gasteiger partial charge on any atom is 0.336 e. The van der Waals surface area contributed by atoms with Crippen molar-refractivity contribution < 1.29 is 30.0 Å². The van der Waals surface area contributed by atoms with Crippen LogP contribution in [0.25, 0.3) is 12.2 Å². The summed E-state index contributed by atoms with van der Waals surface area (Å²) in [5.41, 5.74) is 1.28. The lowest BCUT2D eigenvalue weighted by atomic mass is 9.89. The molecule has 3 aromatic carbocycles. The topological polar surface area (TPSA) is 107 Å². The van der Waals surface area contributed by atoms with E-state index in [0.717, 1.165) is 0 Å². The molecule has 1 aliphatic rings. The average molecular weight is 362 g/mol. The van der Waals surface area contributed by atoms with Crippen molar-refractivity contribution in [2.75, 3.05) is 0 Å². The van der Waals surface area contributed by atoms with Crippen LogP contribution in [0.2, 0.25) is 0 Å². The zero-order valence-corrected chi connectivity index (χ0v) is 13.9. The summed E-state index contributed by atoms with van der Waals surface area (Å²) in [7, 11) is 0. The molecule has 4 rings (SSSR count). The molecule has 0 aromatic heterocycles. The number of benzene rings is 3. The summed E-state index contributed by atoms with van der Waals surface area (Å²) in [6, 6.07) is 12.5. The lowest BCUT2D eigenvalue weighted by Gasteiger charge is -2.23. The number of carboxylic acids is 1. The molecule has 0 spiro atoms. The van der Waals surface area contributed by atoms with Gasteiger partial charge < -0.3 is 25.2 Å². The third-order valence-electron chi connectivity index (χ3n) is 4.49. The molecule has 0 amide bonds. The molecule has 0 atom stereocenters. The highest BCUT2D eigenvalue weighted by atomic mass is 16.5. The fourth-order valence-corrected chi connectivity index (χ4v) is 3.20. The third kappa shape index (κ3) is 2.38. The van der Waals surface area contributed by atoms with E-state index in [-0.39, 0.29) is 22.8 Å². The minimum Gasteiger partial charge on any atom is -0.504 e. The van der Waals surface area contributed by atoms with E-state index in [1.54, 1.807) is 30.3 Å². The Balaban J connectivity index is 2.22. The Labute approximate surface area is 153 Å². The standard InChI is InChI=1S/C21H14O6/c1-10-6-7-13-16(11-4-2-3-5-12(11)21(25)26)14-8-9-15(22)18(24)20(14)27-19(13)17(10)23/h2-9,22-24H,1H2,(H,25,26). The van der Waals surface area contributed by atoms with Gasteiger partial charge in [-0.25, -0.2) is 4.79 Å². The van der Waals surface area contributed by atoms with Crippen molar-refractivity contribution in [3.63, 3.8) is 0 Å². The second-order valence-corrected chi connectivity index (χ2v) is 6.09. The minimum atomic E-state index is -1.12. The van der Waals surface area contributed by atoms with Crippen LogP contribution < -0.4 is 15.2 Å². The molecule has 0 saturated heterocycles. The molecule has 3 aromatic rings. The first kappa shape index (κ1) is 16.5. The fraction of sp³-hybridized carbons (Fsp3) is 0. The number of ether oxygens (including phenoxy) is 1. The van der Waals surface area contributed by atoms with E-state index in [1.165, 1.54) is 18.2 Å². The van der Waals surface area contributed by atoms with Crippen LogP contribution in [0, 0.1) is 0 Å². The van der Waals surface area contributed by atoms with Crippen molar-refractivity contribution in [3.8, 4) is 28.7 Å². The van der Waals surface area contributed by atoms with Crippen molar-refractivity contribution in [2.24, 2.45) is 0 Å².